The highest BCUT2D eigenvalue weighted by atomic mass is 19.1. The predicted molar refractivity (Wildman–Crippen MR) is 74.4 cm³/mol. The summed E-state index contributed by atoms with van der Waals surface area (Å²) in [6, 6.07) is 6.78. The molecule has 2 atom stereocenters. The Kier molecular flexibility index (Phi) is 5.17. The SMILES string of the molecule is CCCCC(NC(C)c1nn[nH]n1)c1ccc(F)cc1. The second kappa shape index (κ2) is 7.09. The average molecular weight is 277 g/mol. The molecule has 0 saturated heterocycles. The summed E-state index contributed by atoms with van der Waals surface area (Å²) in [5.41, 5.74) is 1.08. The fourth-order valence-electron chi connectivity index (χ4n) is 2.18. The standard InChI is InChI=1S/C14H20FN5/c1-3-4-5-13(11-6-8-12(15)9-7-11)16-10(2)14-17-19-20-18-14/h6-10,13,16H,3-5H2,1-2H3,(H,17,18,19,20). The molecule has 0 saturated carbocycles. The third-order valence-corrected chi connectivity index (χ3v) is 3.32. The highest BCUT2D eigenvalue weighted by Crippen LogP contribution is 2.23. The summed E-state index contributed by atoms with van der Waals surface area (Å²) < 4.78 is 13.0. The van der Waals surface area contributed by atoms with Crippen molar-refractivity contribution in [3.8, 4) is 0 Å². The van der Waals surface area contributed by atoms with Gasteiger partial charge in [0, 0.05) is 6.04 Å². The van der Waals surface area contributed by atoms with Crippen LogP contribution in [0.15, 0.2) is 24.3 Å². The van der Waals surface area contributed by atoms with E-state index >= 15 is 0 Å². The van der Waals surface area contributed by atoms with Crippen LogP contribution in [0, 0.1) is 5.82 Å². The first-order valence-electron chi connectivity index (χ1n) is 6.95. The van der Waals surface area contributed by atoms with Crippen LogP contribution in [0.1, 0.15) is 56.6 Å². The molecule has 0 radical (unpaired) electrons. The molecular formula is C14H20FN5. The van der Waals surface area contributed by atoms with Gasteiger partial charge in [0.05, 0.1) is 6.04 Å². The summed E-state index contributed by atoms with van der Waals surface area (Å²) >= 11 is 0. The monoisotopic (exact) mass is 277 g/mol. The Labute approximate surface area is 118 Å². The van der Waals surface area contributed by atoms with Crippen molar-refractivity contribution in [3.63, 3.8) is 0 Å². The number of benzene rings is 1. The minimum atomic E-state index is -0.214. The van der Waals surface area contributed by atoms with Gasteiger partial charge in [-0.25, -0.2) is 4.39 Å². The Morgan fingerprint density at radius 3 is 2.65 bits per heavy atom. The van der Waals surface area contributed by atoms with Crippen LogP contribution >= 0.6 is 0 Å². The van der Waals surface area contributed by atoms with Gasteiger partial charge in [-0.15, -0.1) is 10.2 Å². The number of nitrogens with one attached hydrogen (secondary N) is 2. The van der Waals surface area contributed by atoms with Gasteiger partial charge in [-0.2, -0.15) is 5.21 Å². The predicted octanol–water partition coefficient (Wildman–Crippen LogP) is 2.92. The molecule has 0 aliphatic carbocycles. The number of aromatic amines is 1. The minimum Gasteiger partial charge on any atom is -0.300 e. The van der Waals surface area contributed by atoms with Crippen molar-refractivity contribution in [1.82, 2.24) is 25.9 Å². The molecule has 5 nitrogen and oxygen atoms in total. The third-order valence-electron chi connectivity index (χ3n) is 3.32. The quantitative estimate of drug-likeness (QED) is 0.816. The van der Waals surface area contributed by atoms with Gasteiger partial charge in [0.25, 0.3) is 0 Å². The maximum absolute atomic E-state index is 13.0. The summed E-state index contributed by atoms with van der Waals surface area (Å²) in [7, 11) is 0. The van der Waals surface area contributed by atoms with Gasteiger partial charge in [0.2, 0.25) is 0 Å². The van der Waals surface area contributed by atoms with E-state index in [1.807, 2.05) is 19.1 Å². The highest BCUT2D eigenvalue weighted by molar-refractivity contribution is 5.20. The van der Waals surface area contributed by atoms with Crippen LogP contribution in [-0.4, -0.2) is 20.6 Å². The van der Waals surface area contributed by atoms with E-state index in [0.29, 0.717) is 5.82 Å². The number of tetrazole rings is 1. The average Bonchev–Trinajstić information content (AvgIpc) is 2.98. The van der Waals surface area contributed by atoms with Gasteiger partial charge in [0.1, 0.15) is 5.82 Å². The van der Waals surface area contributed by atoms with Crippen LogP contribution in [-0.2, 0) is 0 Å². The van der Waals surface area contributed by atoms with Crippen molar-refractivity contribution in [2.45, 2.75) is 45.2 Å². The van der Waals surface area contributed by atoms with Crippen LogP contribution in [0.25, 0.3) is 0 Å². The number of hydrogen-bond acceptors (Lipinski definition) is 4. The van der Waals surface area contributed by atoms with Crippen molar-refractivity contribution in [2.75, 3.05) is 0 Å². The molecule has 0 aliphatic heterocycles. The van der Waals surface area contributed by atoms with Crippen LogP contribution in [0.3, 0.4) is 0 Å². The molecule has 0 aliphatic rings. The van der Waals surface area contributed by atoms with Gasteiger partial charge in [-0.1, -0.05) is 37.1 Å². The fraction of sp³-hybridized carbons (Fsp3) is 0.500. The molecule has 20 heavy (non-hydrogen) atoms. The lowest BCUT2D eigenvalue weighted by molar-refractivity contribution is 0.420. The van der Waals surface area contributed by atoms with E-state index in [-0.39, 0.29) is 17.9 Å². The maximum Gasteiger partial charge on any atom is 0.191 e. The van der Waals surface area contributed by atoms with Gasteiger partial charge < -0.3 is 5.32 Å². The van der Waals surface area contributed by atoms with Crippen molar-refractivity contribution in [3.05, 3.63) is 41.5 Å². The number of nitrogens with zero attached hydrogens (tertiary/aromatic N) is 3. The van der Waals surface area contributed by atoms with E-state index < -0.39 is 0 Å². The Morgan fingerprint density at radius 1 is 1.30 bits per heavy atom. The normalized spacial score (nSPS) is 14.2. The molecule has 1 heterocycles. The summed E-state index contributed by atoms with van der Waals surface area (Å²) in [6.45, 7) is 4.15. The molecule has 108 valence electrons. The van der Waals surface area contributed by atoms with Crippen LogP contribution < -0.4 is 5.32 Å². The van der Waals surface area contributed by atoms with E-state index in [1.165, 1.54) is 12.1 Å². The van der Waals surface area contributed by atoms with Crippen molar-refractivity contribution >= 4 is 0 Å². The molecule has 1 aromatic heterocycles. The number of rotatable bonds is 7. The van der Waals surface area contributed by atoms with E-state index in [4.69, 9.17) is 0 Å². The number of hydrogen-bond donors (Lipinski definition) is 2. The molecule has 6 heteroatoms. The molecule has 0 bridgehead atoms. The second-order valence-electron chi connectivity index (χ2n) is 4.90. The van der Waals surface area contributed by atoms with Crippen molar-refractivity contribution in [2.24, 2.45) is 0 Å². The van der Waals surface area contributed by atoms with Gasteiger partial charge in [-0.05, 0) is 31.0 Å². The lowest BCUT2D eigenvalue weighted by Crippen LogP contribution is -2.25. The number of aromatic nitrogens is 4. The minimum absolute atomic E-state index is 0.0133. The first-order chi connectivity index (χ1) is 9.70. The Balaban J connectivity index is 2.08. The molecule has 2 N–H and O–H groups in total. The number of unbranched alkanes of at least 4 members (excludes halogenated alkanes) is 1. The fourth-order valence-corrected chi connectivity index (χ4v) is 2.18. The van der Waals surface area contributed by atoms with E-state index in [2.05, 4.69) is 32.9 Å². The van der Waals surface area contributed by atoms with E-state index in [1.54, 1.807) is 0 Å². The molecule has 0 amide bonds. The van der Waals surface area contributed by atoms with E-state index in [9.17, 15) is 4.39 Å². The van der Waals surface area contributed by atoms with Crippen LogP contribution in [0.2, 0.25) is 0 Å². The topological polar surface area (TPSA) is 66.5 Å². The maximum atomic E-state index is 13.0. The van der Waals surface area contributed by atoms with E-state index in [0.717, 1.165) is 24.8 Å². The Morgan fingerprint density at radius 2 is 2.05 bits per heavy atom. The van der Waals surface area contributed by atoms with Gasteiger partial charge in [-0.3, -0.25) is 0 Å². The third kappa shape index (κ3) is 3.84. The summed E-state index contributed by atoms with van der Waals surface area (Å²) in [5, 5.41) is 17.5. The van der Waals surface area contributed by atoms with Crippen LogP contribution in [0.5, 0.6) is 0 Å². The molecule has 0 spiro atoms. The first-order valence-corrected chi connectivity index (χ1v) is 6.95. The Bertz CT molecular complexity index is 497. The molecule has 2 unspecified atom stereocenters. The number of H-pyrrole nitrogens is 1. The van der Waals surface area contributed by atoms with Crippen LogP contribution in [0.4, 0.5) is 4.39 Å². The van der Waals surface area contributed by atoms with Crippen molar-refractivity contribution in [1.29, 1.82) is 0 Å². The number of halogens is 1. The first kappa shape index (κ1) is 14.6. The molecule has 1 aromatic carbocycles. The lowest BCUT2D eigenvalue weighted by Gasteiger charge is -2.22. The van der Waals surface area contributed by atoms with Crippen molar-refractivity contribution < 1.29 is 4.39 Å². The molecule has 2 aromatic rings. The molecule has 0 fully saturated rings. The zero-order valence-corrected chi connectivity index (χ0v) is 11.8. The highest BCUT2D eigenvalue weighted by Gasteiger charge is 2.17. The summed E-state index contributed by atoms with van der Waals surface area (Å²) in [6.07, 6.45) is 3.22. The second-order valence-corrected chi connectivity index (χ2v) is 4.90. The largest absolute Gasteiger partial charge is 0.300 e. The lowest BCUT2D eigenvalue weighted by atomic mass is 10.00. The Hall–Kier alpha value is -1.82. The van der Waals surface area contributed by atoms with Gasteiger partial charge in [0.15, 0.2) is 5.82 Å². The summed E-state index contributed by atoms with van der Waals surface area (Å²) in [4.78, 5) is 0. The summed E-state index contributed by atoms with van der Waals surface area (Å²) in [5.74, 6) is 0.419. The molecule has 2 rings (SSSR count). The molecular weight excluding hydrogens is 257 g/mol. The zero-order chi connectivity index (χ0) is 14.4. The van der Waals surface area contributed by atoms with Gasteiger partial charge >= 0.3 is 0 Å². The smallest absolute Gasteiger partial charge is 0.191 e. The zero-order valence-electron chi connectivity index (χ0n) is 11.8.